The highest BCUT2D eigenvalue weighted by Gasteiger charge is 2.10. The largest absolute Gasteiger partial charge is 0.485 e. The Bertz CT molecular complexity index is 880. The lowest BCUT2D eigenvalue weighted by molar-refractivity contribution is 0.173. The first-order valence-corrected chi connectivity index (χ1v) is 8.53. The summed E-state index contributed by atoms with van der Waals surface area (Å²) in [7, 11) is 2.12. The molecule has 1 aliphatic rings. The molecule has 0 saturated carbocycles. The van der Waals surface area contributed by atoms with Crippen LogP contribution in [-0.4, -0.2) is 17.8 Å². The van der Waals surface area contributed by atoms with E-state index in [1.165, 1.54) is 21.8 Å². The number of thiophene rings is 1. The number of hydrogen-bond acceptors (Lipinski definition) is 3. The van der Waals surface area contributed by atoms with E-state index in [2.05, 4.69) is 60.1 Å². The van der Waals surface area contributed by atoms with Gasteiger partial charge in [0.05, 0.1) is 0 Å². The number of para-hydroxylation sites is 2. The Morgan fingerprint density at radius 3 is 1.78 bits per heavy atom. The van der Waals surface area contributed by atoms with Gasteiger partial charge in [0.1, 0.15) is 13.2 Å². The lowest BCUT2D eigenvalue weighted by Gasteiger charge is -2.13. The number of aromatic nitrogens is 1. The van der Waals surface area contributed by atoms with Crippen LogP contribution in [0.2, 0.25) is 0 Å². The summed E-state index contributed by atoms with van der Waals surface area (Å²) in [6.07, 6.45) is 0. The standard InChI is InChI=1S/C13H11N.C6H6O2S/c1-14-12-8-4-2-6-10(12)11-7-3-5-9-13(11)14;1-2-8-6-4-9-3-5(6)7-1/h2-9H,1H3;3-4H,1-2H2. The highest BCUT2D eigenvalue weighted by molar-refractivity contribution is 7.08. The quantitative estimate of drug-likeness (QED) is 0.462. The van der Waals surface area contributed by atoms with Crippen LogP contribution in [0.4, 0.5) is 0 Å². The van der Waals surface area contributed by atoms with Gasteiger partial charge in [-0.05, 0) is 12.1 Å². The van der Waals surface area contributed by atoms with Gasteiger partial charge in [-0.25, -0.2) is 0 Å². The van der Waals surface area contributed by atoms with Gasteiger partial charge < -0.3 is 14.0 Å². The fourth-order valence-corrected chi connectivity index (χ4v) is 3.59. The second-order valence-corrected chi connectivity index (χ2v) is 6.13. The normalized spacial score (nSPS) is 12.9. The van der Waals surface area contributed by atoms with Gasteiger partial charge in [0, 0.05) is 39.6 Å². The van der Waals surface area contributed by atoms with E-state index in [4.69, 9.17) is 9.47 Å². The second-order valence-electron chi connectivity index (χ2n) is 5.39. The zero-order valence-electron chi connectivity index (χ0n) is 12.9. The van der Waals surface area contributed by atoms with Crippen LogP contribution >= 0.6 is 11.3 Å². The van der Waals surface area contributed by atoms with Crippen LogP contribution in [0.5, 0.6) is 11.5 Å². The van der Waals surface area contributed by atoms with E-state index in [0.717, 1.165) is 11.5 Å². The number of hydrogen-bond donors (Lipinski definition) is 0. The monoisotopic (exact) mass is 323 g/mol. The molecule has 0 bridgehead atoms. The molecule has 5 rings (SSSR count). The Balaban J connectivity index is 0.000000130. The highest BCUT2D eigenvalue weighted by atomic mass is 32.1. The first kappa shape index (κ1) is 14.2. The average Bonchev–Trinajstić information content (AvgIpc) is 3.20. The van der Waals surface area contributed by atoms with Crippen LogP contribution in [0.1, 0.15) is 0 Å². The van der Waals surface area contributed by atoms with Crippen molar-refractivity contribution < 1.29 is 9.47 Å². The van der Waals surface area contributed by atoms with E-state index in [-0.39, 0.29) is 0 Å². The Morgan fingerprint density at radius 1 is 0.783 bits per heavy atom. The van der Waals surface area contributed by atoms with E-state index in [0.29, 0.717) is 13.2 Å². The summed E-state index contributed by atoms with van der Waals surface area (Å²) in [5.41, 5.74) is 2.60. The van der Waals surface area contributed by atoms with Gasteiger partial charge in [-0.3, -0.25) is 0 Å². The minimum absolute atomic E-state index is 0.684. The van der Waals surface area contributed by atoms with Crippen molar-refractivity contribution in [3.63, 3.8) is 0 Å². The van der Waals surface area contributed by atoms with Gasteiger partial charge >= 0.3 is 0 Å². The molecule has 0 saturated heterocycles. The molecule has 3 heterocycles. The molecule has 1 aliphatic heterocycles. The van der Waals surface area contributed by atoms with E-state index in [1.54, 1.807) is 11.3 Å². The zero-order valence-corrected chi connectivity index (χ0v) is 13.7. The Hall–Kier alpha value is -2.46. The van der Waals surface area contributed by atoms with Crippen molar-refractivity contribution in [3.05, 3.63) is 59.3 Å². The third kappa shape index (κ3) is 2.55. The van der Waals surface area contributed by atoms with Crippen molar-refractivity contribution in [2.45, 2.75) is 0 Å². The van der Waals surface area contributed by atoms with E-state index < -0.39 is 0 Å². The molecule has 4 heteroatoms. The van der Waals surface area contributed by atoms with E-state index in [9.17, 15) is 0 Å². The molecule has 0 N–H and O–H groups in total. The number of ether oxygens (including phenoxy) is 2. The van der Waals surface area contributed by atoms with Crippen LogP contribution in [0.3, 0.4) is 0 Å². The first-order chi connectivity index (χ1) is 11.3. The molecule has 0 spiro atoms. The van der Waals surface area contributed by atoms with Crippen molar-refractivity contribution in [2.75, 3.05) is 13.2 Å². The molecular weight excluding hydrogens is 306 g/mol. The Morgan fingerprint density at radius 2 is 1.26 bits per heavy atom. The summed E-state index contributed by atoms with van der Waals surface area (Å²) < 4.78 is 12.7. The van der Waals surface area contributed by atoms with E-state index >= 15 is 0 Å². The van der Waals surface area contributed by atoms with Crippen molar-refractivity contribution >= 4 is 33.1 Å². The van der Waals surface area contributed by atoms with E-state index in [1.807, 2.05) is 10.8 Å². The lowest BCUT2D eigenvalue weighted by Crippen LogP contribution is -2.13. The molecule has 3 nitrogen and oxygen atoms in total. The van der Waals surface area contributed by atoms with Gasteiger partial charge in [0.15, 0.2) is 11.5 Å². The minimum atomic E-state index is 0.684. The third-order valence-electron chi connectivity index (χ3n) is 4.01. The summed E-state index contributed by atoms with van der Waals surface area (Å²) in [5.74, 6) is 1.79. The number of aryl methyl sites for hydroxylation is 1. The van der Waals surface area contributed by atoms with Crippen molar-refractivity contribution in [2.24, 2.45) is 7.05 Å². The van der Waals surface area contributed by atoms with Crippen LogP contribution in [-0.2, 0) is 7.05 Å². The molecule has 0 aliphatic carbocycles. The average molecular weight is 323 g/mol. The van der Waals surface area contributed by atoms with Gasteiger partial charge in [-0.1, -0.05) is 36.4 Å². The predicted molar refractivity (Wildman–Crippen MR) is 95.7 cm³/mol. The molecule has 0 fully saturated rings. The summed E-state index contributed by atoms with van der Waals surface area (Å²) in [4.78, 5) is 0. The van der Waals surface area contributed by atoms with Gasteiger partial charge in [-0.15, -0.1) is 11.3 Å². The SMILES string of the molecule is Cn1c2ccccc2c2ccccc21.c1scc2c1OCCO2. The maximum Gasteiger partial charge on any atom is 0.172 e. The topological polar surface area (TPSA) is 23.4 Å². The number of rotatable bonds is 0. The lowest BCUT2D eigenvalue weighted by atomic mass is 10.2. The molecule has 2 aromatic heterocycles. The van der Waals surface area contributed by atoms with Crippen molar-refractivity contribution in [1.82, 2.24) is 4.57 Å². The zero-order chi connectivity index (χ0) is 15.6. The summed E-state index contributed by atoms with van der Waals surface area (Å²) in [5, 5.41) is 6.58. The fraction of sp³-hybridized carbons (Fsp3) is 0.158. The van der Waals surface area contributed by atoms with Crippen molar-refractivity contribution in [1.29, 1.82) is 0 Å². The summed E-state index contributed by atoms with van der Waals surface area (Å²) >= 11 is 1.61. The predicted octanol–water partition coefficient (Wildman–Crippen LogP) is 4.85. The fourth-order valence-electron chi connectivity index (χ4n) is 2.90. The van der Waals surface area contributed by atoms with Crippen LogP contribution < -0.4 is 9.47 Å². The molecule has 0 radical (unpaired) electrons. The molecule has 4 aromatic rings. The molecule has 116 valence electrons. The van der Waals surface area contributed by atoms with Crippen molar-refractivity contribution in [3.8, 4) is 11.5 Å². The molecule has 0 amide bonds. The van der Waals surface area contributed by atoms with Crippen LogP contribution in [0.15, 0.2) is 59.3 Å². The molecule has 23 heavy (non-hydrogen) atoms. The molecule has 2 aromatic carbocycles. The van der Waals surface area contributed by atoms with Gasteiger partial charge in [0.2, 0.25) is 0 Å². The van der Waals surface area contributed by atoms with Gasteiger partial charge in [0.25, 0.3) is 0 Å². The molecule has 0 atom stereocenters. The Labute approximate surface area is 138 Å². The van der Waals surface area contributed by atoms with Crippen LogP contribution in [0, 0.1) is 0 Å². The second kappa shape index (κ2) is 5.97. The minimum Gasteiger partial charge on any atom is -0.485 e. The van der Waals surface area contributed by atoms with Crippen LogP contribution in [0.25, 0.3) is 21.8 Å². The Kier molecular flexibility index (Phi) is 3.67. The maximum absolute atomic E-state index is 5.25. The summed E-state index contributed by atoms with van der Waals surface area (Å²) in [6.45, 7) is 1.37. The summed E-state index contributed by atoms with van der Waals surface area (Å²) in [6, 6.07) is 17.0. The van der Waals surface area contributed by atoms with Gasteiger partial charge in [-0.2, -0.15) is 0 Å². The highest BCUT2D eigenvalue weighted by Crippen LogP contribution is 2.33. The smallest absolute Gasteiger partial charge is 0.172 e. The number of nitrogens with zero attached hydrogens (tertiary/aromatic N) is 1. The molecule has 0 unspecified atom stereocenters. The third-order valence-corrected chi connectivity index (χ3v) is 4.71. The molecular formula is C19H17NO2S. The number of fused-ring (bicyclic) bond motifs is 4. The maximum atomic E-state index is 5.25. The number of benzene rings is 2. The first-order valence-electron chi connectivity index (χ1n) is 7.58.